The summed E-state index contributed by atoms with van der Waals surface area (Å²) in [5.41, 5.74) is 0.976. The summed E-state index contributed by atoms with van der Waals surface area (Å²) in [6, 6.07) is 12.9. The zero-order valence-electron chi connectivity index (χ0n) is 10.7. The zero-order valence-corrected chi connectivity index (χ0v) is 11.5. The molecule has 21 heavy (non-hydrogen) atoms. The molecule has 0 saturated heterocycles. The molecule has 2 aromatic rings. The van der Waals surface area contributed by atoms with Gasteiger partial charge in [0.1, 0.15) is 5.82 Å². The van der Waals surface area contributed by atoms with Crippen LogP contribution < -0.4 is 0 Å². The molecule has 0 radical (unpaired) electrons. The summed E-state index contributed by atoms with van der Waals surface area (Å²) in [7, 11) is 0. The number of benzene rings is 2. The van der Waals surface area contributed by atoms with E-state index in [0.29, 0.717) is 10.6 Å². The van der Waals surface area contributed by atoms with Gasteiger partial charge < -0.3 is 4.74 Å². The highest BCUT2D eigenvalue weighted by Crippen LogP contribution is 2.21. The van der Waals surface area contributed by atoms with Gasteiger partial charge in [-0.05, 0) is 35.9 Å². The molecule has 1 aliphatic rings. The van der Waals surface area contributed by atoms with Gasteiger partial charge >= 0.3 is 5.97 Å². The van der Waals surface area contributed by atoms with E-state index in [2.05, 4.69) is 4.99 Å². The number of cyclic esters (lactones) is 1. The molecule has 104 valence electrons. The predicted octanol–water partition coefficient (Wildman–Crippen LogP) is 3.82. The van der Waals surface area contributed by atoms with Crippen molar-refractivity contribution in [3.63, 3.8) is 0 Å². The van der Waals surface area contributed by atoms with Crippen molar-refractivity contribution in [1.29, 1.82) is 0 Å². The Kier molecular flexibility index (Phi) is 3.54. The number of hydrogen-bond donors (Lipinski definition) is 0. The largest absolute Gasteiger partial charge is 0.402 e. The van der Waals surface area contributed by atoms with Crippen LogP contribution in [0.25, 0.3) is 6.08 Å². The van der Waals surface area contributed by atoms with E-state index in [1.165, 1.54) is 12.1 Å². The van der Waals surface area contributed by atoms with E-state index in [-0.39, 0.29) is 17.2 Å². The molecular weight excluding hydrogens is 293 g/mol. The number of hydrogen-bond acceptors (Lipinski definition) is 3. The molecule has 0 fully saturated rings. The molecule has 0 bridgehead atoms. The van der Waals surface area contributed by atoms with Crippen molar-refractivity contribution in [2.45, 2.75) is 0 Å². The van der Waals surface area contributed by atoms with Crippen LogP contribution in [0, 0.1) is 5.82 Å². The summed E-state index contributed by atoms with van der Waals surface area (Å²) in [6.45, 7) is 0. The highest BCUT2D eigenvalue weighted by Gasteiger charge is 2.25. The standard InChI is InChI=1S/C16H9ClFNO2/c17-11-5-3-4-10(8-11)9-14-16(20)21-15(19-14)12-6-1-2-7-13(12)18/h1-9H/b14-9+. The first kappa shape index (κ1) is 13.5. The average Bonchev–Trinajstić information content (AvgIpc) is 2.80. The van der Waals surface area contributed by atoms with E-state index in [1.54, 1.807) is 42.5 Å². The topological polar surface area (TPSA) is 38.7 Å². The minimum absolute atomic E-state index is 0.0358. The second-order valence-electron chi connectivity index (χ2n) is 4.37. The van der Waals surface area contributed by atoms with Crippen LogP contribution in [-0.2, 0) is 9.53 Å². The minimum atomic E-state index is -0.617. The SMILES string of the molecule is O=C1OC(c2ccccc2F)=N/C1=C/c1cccc(Cl)c1. The zero-order chi connectivity index (χ0) is 14.8. The molecule has 5 heteroatoms. The lowest BCUT2D eigenvalue weighted by Crippen LogP contribution is -2.07. The fourth-order valence-corrected chi connectivity index (χ4v) is 2.11. The van der Waals surface area contributed by atoms with Crippen LogP contribution in [-0.4, -0.2) is 11.9 Å². The number of ether oxygens (including phenoxy) is 1. The molecule has 2 aromatic carbocycles. The maximum atomic E-state index is 13.7. The third-order valence-corrected chi connectivity index (χ3v) is 3.11. The van der Waals surface area contributed by atoms with E-state index in [9.17, 15) is 9.18 Å². The summed E-state index contributed by atoms with van der Waals surface area (Å²) >= 11 is 5.88. The van der Waals surface area contributed by atoms with Crippen molar-refractivity contribution in [2.24, 2.45) is 4.99 Å². The molecule has 0 saturated carbocycles. The smallest absolute Gasteiger partial charge is 0.363 e. The van der Waals surface area contributed by atoms with Crippen LogP contribution in [0.1, 0.15) is 11.1 Å². The van der Waals surface area contributed by atoms with E-state index in [4.69, 9.17) is 16.3 Å². The second-order valence-corrected chi connectivity index (χ2v) is 4.81. The summed E-state index contributed by atoms with van der Waals surface area (Å²) < 4.78 is 18.7. The first-order valence-electron chi connectivity index (χ1n) is 6.16. The lowest BCUT2D eigenvalue weighted by Gasteiger charge is -1.99. The number of rotatable bonds is 2. The Hall–Kier alpha value is -2.46. The molecule has 3 nitrogen and oxygen atoms in total. The van der Waals surface area contributed by atoms with Crippen LogP contribution in [0.15, 0.2) is 59.2 Å². The Bertz CT molecular complexity index is 783. The van der Waals surface area contributed by atoms with Crippen molar-refractivity contribution >= 4 is 29.5 Å². The van der Waals surface area contributed by atoms with Crippen LogP contribution in [0.3, 0.4) is 0 Å². The van der Waals surface area contributed by atoms with Gasteiger partial charge in [-0.3, -0.25) is 0 Å². The third kappa shape index (κ3) is 2.85. The van der Waals surface area contributed by atoms with Crippen LogP contribution in [0.2, 0.25) is 5.02 Å². The number of esters is 1. The Morgan fingerprint density at radius 2 is 1.95 bits per heavy atom. The highest BCUT2D eigenvalue weighted by atomic mass is 35.5. The van der Waals surface area contributed by atoms with E-state index in [1.807, 2.05) is 0 Å². The van der Waals surface area contributed by atoms with Crippen molar-refractivity contribution in [2.75, 3.05) is 0 Å². The van der Waals surface area contributed by atoms with Gasteiger partial charge in [0.05, 0.1) is 5.56 Å². The van der Waals surface area contributed by atoms with E-state index in [0.717, 1.165) is 0 Å². The number of aliphatic imine (C=N–C) groups is 1. The van der Waals surface area contributed by atoms with E-state index >= 15 is 0 Å². The van der Waals surface area contributed by atoms with E-state index < -0.39 is 11.8 Å². The molecule has 1 aliphatic heterocycles. The fourth-order valence-electron chi connectivity index (χ4n) is 1.91. The molecule has 0 atom stereocenters. The van der Waals surface area contributed by atoms with Crippen molar-refractivity contribution in [3.8, 4) is 0 Å². The monoisotopic (exact) mass is 301 g/mol. The van der Waals surface area contributed by atoms with Gasteiger partial charge in [-0.25, -0.2) is 14.2 Å². The first-order chi connectivity index (χ1) is 10.1. The molecule has 0 N–H and O–H groups in total. The Morgan fingerprint density at radius 1 is 1.14 bits per heavy atom. The molecule has 1 heterocycles. The summed E-state index contributed by atoms with van der Waals surface area (Å²) in [5, 5.41) is 0.550. The van der Waals surface area contributed by atoms with Gasteiger partial charge in [-0.2, -0.15) is 0 Å². The number of nitrogens with zero attached hydrogens (tertiary/aromatic N) is 1. The Morgan fingerprint density at radius 3 is 2.71 bits per heavy atom. The minimum Gasteiger partial charge on any atom is -0.402 e. The Balaban J connectivity index is 1.98. The first-order valence-corrected chi connectivity index (χ1v) is 6.54. The fraction of sp³-hybridized carbons (Fsp3) is 0. The maximum Gasteiger partial charge on any atom is 0.363 e. The second kappa shape index (κ2) is 5.50. The Labute approximate surface area is 125 Å². The van der Waals surface area contributed by atoms with Crippen LogP contribution in [0.4, 0.5) is 4.39 Å². The maximum absolute atomic E-state index is 13.7. The lowest BCUT2D eigenvalue weighted by molar-refractivity contribution is -0.129. The quantitative estimate of drug-likeness (QED) is 0.625. The summed E-state index contributed by atoms with van der Waals surface area (Å²) in [6.07, 6.45) is 1.54. The number of carbonyl (C=O) groups excluding carboxylic acids is 1. The normalized spacial score (nSPS) is 16.0. The molecule has 0 amide bonds. The lowest BCUT2D eigenvalue weighted by atomic mass is 10.2. The van der Waals surface area contributed by atoms with Crippen molar-refractivity contribution in [1.82, 2.24) is 0 Å². The van der Waals surface area contributed by atoms with Crippen LogP contribution in [0.5, 0.6) is 0 Å². The predicted molar refractivity (Wildman–Crippen MR) is 78.5 cm³/mol. The van der Waals surface area contributed by atoms with Crippen molar-refractivity contribution in [3.05, 3.63) is 76.2 Å². The molecule has 0 aromatic heterocycles. The highest BCUT2D eigenvalue weighted by molar-refractivity contribution is 6.30. The molecule has 0 spiro atoms. The van der Waals surface area contributed by atoms with Gasteiger partial charge in [0.25, 0.3) is 0 Å². The van der Waals surface area contributed by atoms with Gasteiger partial charge in [0, 0.05) is 5.02 Å². The molecular formula is C16H9ClFNO2. The van der Waals surface area contributed by atoms with Gasteiger partial charge in [0.15, 0.2) is 5.70 Å². The van der Waals surface area contributed by atoms with Crippen LogP contribution >= 0.6 is 11.6 Å². The molecule has 0 unspecified atom stereocenters. The van der Waals surface area contributed by atoms with Gasteiger partial charge in [-0.1, -0.05) is 35.9 Å². The summed E-state index contributed by atoms with van der Waals surface area (Å²) in [5.74, 6) is -1.15. The van der Waals surface area contributed by atoms with Gasteiger partial charge in [0.2, 0.25) is 5.90 Å². The molecule has 0 aliphatic carbocycles. The number of carbonyl (C=O) groups is 1. The third-order valence-electron chi connectivity index (χ3n) is 2.88. The number of halogens is 2. The molecule has 3 rings (SSSR count). The van der Waals surface area contributed by atoms with Gasteiger partial charge in [-0.15, -0.1) is 0 Å². The summed E-state index contributed by atoms with van der Waals surface area (Å²) in [4.78, 5) is 15.8. The average molecular weight is 302 g/mol. The van der Waals surface area contributed by atoms with Crippen molar-refractivity contribution < 1.29 is 13.9 Å².